The Kier molecular flexibility index (Phi) is 9.22. The van der Waals surface area contributed by atoms with Gasteiger partial charge in [-0.05, 0) is 41.2 Å². The Morgan fingerprint density at radius 1 is 0.857 bits per heavy atom. The highest BCUT2D eigenvalue weighted by Gasteiger charge is 2.53. The molecule has 5 nitrogen and oxygen atoms in total. The summed E-state index contributed by atoms with van der Waals surface area (Å²) < 4.78 is 6.09. The summed E-state index contributed by atoms with van der Waals surface area (Å²) in [6.07, 6.45) is 1.92. The van der Waals surface area contributed by atoms with Crippen LogP contribution in [0.25, 0.3) is 0 Å². The molecule has 3 atom stereocenters. The zero-order chi connectivity index (χ0) is 29.5. The molecule has 1 amide bonds. The van der Waals surface area contributed by atoms with E-state index in [4.69, 9.17) is 4.74 Å². The quantitative estimate of drug-likeness (QED) is 0.118. The van der Waals surface area contributed by atoms with E-state index in [1.54, 1.807) is 17.9 Å². The van der Waals surface area contributed by atoms with E-state index in [0.29, 0.717) is 18.3 Å². The Labute approximate surface area is 248 Å². The fourth-order valence-electron chi connectivity index (χ4n) is 5.89. The number of hydrogen-bond acceptors (Lipinski definition) is 4. The second kappa shape index (κ2) is 13.2. The summed E-state index contributed by atoms with van der Waals surface area (Å²) in [6.45, 7) is 2.75. The van der Waals surface area contributed by atoms with Gasteiger partial charge in [-0.25, -0.2) is 4.79 Å². The van der Waals surface area contributed by atoms with Crippen LogP contribution in [0.5, 0.6) is 0 Å². The summed E-state index contributed by atoms with van der Waals surface area (Å²) in [5.41, 5.74) is 1.21. The van der Waals surface area contributed by atoms with E-state index in [-0.39, 0.29) is 18.6 Å². The lowest BCUT2D eigenvalue weighted by Gasteiger charge is -2.50. The van der Waals surface area contributed by atoms with Gasteiger partial charge in [-0.3, -0.25) is 4.79 Å². The second-order valence-electron chi connectivity index (χ2n) is 10.6. The van der Waals surface area contributed by atoms with Crippen LogP contribution in [0.1, 0.15) is 25.3 Å². The fourth-order valence-corrected chi connectivity index (χ4v) is 10.3. The Bertz CT molecular complexity index is 1470. The number of likely N-dealkylation sites (tertiary alicyclic amines) is 1. The van der Waals surface area contributed by atoms with Gasteiger partial charge in [0.05, 0.1) is 18.1 Å². The van der Waals surface area contributed by atoms with Gasteiger partial charge < -0.3 is 14.7 Å². The highest BCUT2D eigenvalue weighted by Crippen LogP contribution is 2.50. The molecule has 0 spiro atoms. The van der Waals surface area contributed by atoms with Crippen LogP contribution in [-0.4, -0.2) is 39.4 Å². The topological polar surface area (TPSA) is 66.8 Å². The first-order chi connectivity index (χ1) is 20.5. The summed E-state index contributed by atoms with van der Waals surface area (Å²) in [5, 5.41) is 13.1. The van der Waals surface area contributed by atoms with E-state index in [0.717, 1.165) is 21.5 Å². The van der Waals surface area contributed by atoms with Crippen LogP contribution < -0.4 is 15.9 Å². The number of aliphatic hydroxyl groups excluding tert-OH is 1. The molecule has 0 radical (unpaired) electrons. The van der Waals surface area contributed by atoms with Gasteiger partial charge in [0, 0.05) is 6.89 Å². The molecule has 0 aromatic heterocycles. The molecule has 42 heavy (non-hydrogen) atoms. The Hall–Kier alpha value is -4.18. The number of β-lactam (4-membered cyclic amide) rings is 1. The Morgan fingerprint density at radius 2 is 1.31 bits per heavy atom. The highest BCUT2D eigenvalue weighted by atomic mass is 31.2. The number of esters is 1. The zero-order valence-electron chi connectivity index (χ0n) is 23.8. The van der Waals surface area contributed by atoms with E-state index in [1.807, 2.05) is 121 Å². The molecule has 214 valence electrons. The summed E-state index contributed by atoms with van der Waals surface area (Å²) in [6, 6.07) is 39.1. The van der Waals surface area contributed by atoms with Gasteiger partial charge in [0.2, 0.25) is 5.91 Å². The predicted octanol–water partition coefficient (Wildman–Crippen LogP) is 5.03. The lowest BCUT2D eigenvalue weighted by molar-refractivity contribution is -0.153. The van der Waals surface area contributed by atoms with E-state index in [2.05, 4.69) is 6.58 Å². The Balaban J connectivity index is 1.85. The lowest BCUT2D eigenvalue weighted by Crippen LogP contribution is -2.66. The van der Waals surface area contributed by atoms with Gasteiger partial charge >= 0.3 is 5.97 Å². The number of benzene rings is 4. The van der Waals surface area contributed by atoms with Crippen molar-refractivity contribution in [3.8, 4) is 0 Å². The van der Waals surface area contributed by atoms with E-state index in [9.17, 15) is 14.7 Å². The maximum atomic E-state index is 14.6. The molecule has 4 aromatic rings. The zero-order valence-corrected chi connectivity index (χ0v) is 24.6. The monoisotopic (exact) mass is 577 g/mol. The number of rotatable bonds is 11. The number of aliphatic hydroxyl groups is 1. The van der Waals surface area contributed by atoms with E-state index < -0.39 is 24.9 Å². The second-order valence-corrected chi connectivity index (χ2v) is 13.9. The Morgan fingerprint density at radius 3 is 1.74 bits per heavy atom. The number of amides is 1. The van der Waals surface area contributed by atoms with Crippen molar-refractivity contribution in [2.45, 2.75) is 38.5 Å². The third kappa shape index (κ3) is 5.63. The summed E-state index contributed by atoms with van der Waals surface area (Å²) in [4.78, 5) is 30.4. The van der Waals surface area contributed by atoms with Gasteiger partial charge in [-0.2, -0.15) is 0 Å². The maximum absolute atomic E-state index is 14.6. The fraction of sp³-hybridized carbons (Fsp3) is 0.194. The molecule has 3 unspecified atom stereocenters. The third-order valence-corrected chi connectivity index (χ3v) is 12.0. The standard InChI is InChI=1S/C36H36NO4P/c1-3-16-33-32(25-27(2)38)34(39)37(33)35(36(40)41-26-28-17-8-4-9-18-28)42(29-19-10-5-11-20-29,30-21-12-6-13-22-30)31-23-14-7-15-24-31/h3-15,17-24,27,32-33,38H,1,16,25-26H2,2H3. The SMILES string of the molecule is C=CCC1C(CC(C)O)C(=O)N1C(C(=O)OCc1ccccc1)=P(c1ccccc1)(c1ccccc1)c1ccccc1. The minimum Gasteiger partial charge on any atom is -0.456 e. The van der Waals surface area contributed by atoms with Crippen molar-refractivity contribution in [3.63, 3.8) is 0 Å². The molecule has 1 aliphatic rings. The molecule has 1 saturated heterocycles. The molecule has 1 aliphatic heterocycles. The van der Waals surface area contributed by atoms with Crippen LogP contribution in [0.15, 0.2) is 134 Å². The van der Waals surface area contributed by atoms with Crippen molar-refractivity contribution in [1.82, 2.24) is 4.90 Å². The van der Waals surface area contributed by atoms with Gasteiger partial charge in [0.15, 0.2) is 0 Å². The molecule has 6 heteroatoms. The maximum Gasteiger partial charge on any atom is 0.356 e. The molecule has 0 bridgehead atoms. The molecule has 1 heterocycles. The van der Waals surface area contributed by atoms with E-state index in [1.165, 1.54) is 0 Å². The highest BCUT2D eigenvalue weighted by molar-refractivity contribution is 7.96. The number of ether oxygens (including phenoxy) is 1. The summed E-state index contributed by atoms with van der Waals surface area (Å²) in [7, 11) is 0. The average Bonchev–Trinajstić information content (AvgIpc) is 3.04. The first-order valence-corrected chi connectivity index (χ1v) is 16.0. The molecule has 0 aliphatic carbocycles. The number of hydrogen-bond donors (Lipinski definition) is 1. The van der Waals surface area contributed by atoms with Crippen molar-refractivity contribution in [3.05, 3.63) is 140 Å². The smallest absolute Gasteiger partial charge is 0.356 e. The van der Waals surface area contributed by atoms with Crippen molar-refractivity contribution in [2.75, 3.05) is 0 Å². The first kappa shape index (κ1) is 29.3. The number of carbonyl (C=O) groups excluding carboxylic acids is 2. The first-order valence-electron chi connectivity index (χ1n) is 14.2. The van der Waals surface area contributed by atoms with Crippen molar-refractivity contribution in [2.24, 2.45) is 5.92 Å². The van der Waals surface area contributed by atoms with Gasteiger partial charge in [0.1, 0.15) is 12.0 Å². The molecular formula is C36H36NO4P. The molecule has 4 aromatic carbocycles. The largest absolute Gasteiger partial charge is 0.456 e. The van der Waals surface area contributed by atoms with Crippen LogP contribution in [0, 0.1) is 5.92 Å². The van der Waals surface area contributed by atoms with Gasteiger partial charge in [-0.15, -0.1) is 6.58 Å². The number of nitrogens with zero attached hydrogens (tertiary/aromatic N) is 1. The van der Waals surface area contributed by atoms with Crippen LogP contribution in [-0.2, 0) is 20.9 Å². The molecule has 1 fully saturated rings. The normalized spacial score (nSPS) is 17.2. The summed E-state index contributed by atoms with van der Waals surface area (Å²) >= 11 is 0. The average molecular weight is 578 g/mol. The molecule has 1 N–H and O–H groups in total. The van der Waals surface area contributed by atoms with Crippen LogP contribution >= 0.6 is 6.89 Å². The minimum atomic E-state index is -2.97. The van der Waals surface area contributed by atoms with Crippen molar-refractivity contribution in [1.29, 1.82) is 0 Å². The van der Waals surface area contributed by atoms with Crippen LogP contribution in [0.3, 0.4) is 0 Å². The van der Waals surface area contributed by atoms with Crippen molar-refractivity contribution < 1.29 is 19.4 Å². The van der Waals surface area contributed by atoms with Crippen molar-refractivity contribution >= 4 is 40.1 Å². The molecular weight excluding hydrogens is 541 g/mol. The molecule has 0 saturated carbocycles. The van der Waals surface area contributed by atoms with Crippen LogP contribution in [0.2, 0.25) is 0 Å². The third-order valence-electron chi connectivity index (χ3n) is 7.73. The van der Waals surface area contributed by atoms with Gasteiger partial charge in [0.25, 0.3) is 0 Å². The predicted molar refractivity (Wildman–Crippen MR) is 172 cm³/mol. The lowest BCUT2D eigenvalue weighted by atomic mass is 9.81. The number of carbonyl (C=O) groups is 2. The van der Waals surface area contributed by atoms with E-state index >= 15 is 0 Å². The van der Waals surface area contributed by atoms with Crippen LogP contribution in [0.4, 0.5) is 0 Å². The summed E-state index contributed by atoms with van der Waals surface area (Å²) in [5.74, 6) is -1.13. The minimum absolute atomic E-state index is 0.0762. The van der Waals surface area contributed by atoms with Gasteiger partial charge in [-0.1, -0.05) is 127 Å². The molecule has 5 rings (SSSR count).